The largest absolute Gasteiger partial charge is 0.392 e. The number of carbonyl (C=O) groups excluding carboxylic acids is 1. The summed E-state index contributed by atoms with van der Waals surface area (Å²) < 4.78 is 0. The summed E-state index contributed by atoms with van der Waals surface area (Å²) in [6.45, 7) is 1.90. The molecule has 3 rings (SSSR count). The zero-order valence-corrected chi connectivity index (χ0v) is 12.2. The number of nitrogens with zero attached hydrogens (tertiary/aromatic N) is 3. The van der Waals surface area contributed by atoms with Crippen LogP contribution in [0.5, 0.6) is 0 Å². The van der Waals surface area contributed by atoms with E-state index in [1.165, 1.54) is 12.1 Å². The van der Waals surface area contributed by atoms with Crippen LogP contribution in [0, 0.1) is 10.1 Å². The molecule has 2 aliphatic rings. The number of likely N-dealkylation sites (tertiary alicyclic amines) is 1. The predicted molar refractivity (Wildman–Crippen MR) is 80.7 cm³/mol. The standard InChI is InChI=1S/C15H19N3O4/c19-13-5-2-7-16(10-13)14-6-8-17(15(14)20)11-3-1-4-12(9-11)18(21)22/h1,3-4,9,13-14,19H,2,5-8,10H2. The summed E-state index contributed by atoms with van der Waals surface area (Å²) >= 11 is 0. The molecule has 0 bridgehead atoms. The minimum Gasteiger partial charge on any atom is -0.392 e. The van der Waals surface area contributed by atoms with E-state index in [1.54, 1.807) is 17.0 Å². The number of piperidine rings is 1. The number of anilines is 1. The lowest BCUT2D eigenvalue weighted by molar-refractivity contribution is -0.384. The lowest BCUT2D eigenvalue weighted by atomic mass is 10.1. The van der Waals surface area contributed by atoms with Crippen LogP contribution < -0.4 is 4.90 Å². The molecule has 2 unspecified atom stereocenters. The average Bonchev–Trinajstić information content (AvgIpc) is 2.89. The van der Waals surface area contributed by atoms with Gasteiger partial charge in [0.2, 0.25) is 5.91 Å². The summed E-state index contributed by atoms with van der Waals surface area (Å²) in [6, 6.07) is 5.94. The van der Waals surface area contributed by atoms with Crippen molar-refractivity contribution in [2.45, 2.75) is 31.4 Å². The quantitative estimate of drug-likeness (QED) is 0.669. The number of amides is 1. The van der Waals surface area contributed by atoms with E-state index in [4.69, 9.17) is 0 Å². The van der Waals surface area contributed by atoms with E-state index < -0.39 is 4.92 Å². The van der Waals surface area contributed by atoms with Gasteiger partial charge in [0, 0.05) is 25.2 Å². The molecule has 0 aromatic heterocycles. The van der Waals surface area contributed by atoms with Gasteiger partial charge in [-0.2, -0.15) is 0 Å². The maximum Gasteiger partial charge on any atom is 0.271 e. The van der Waals surface area contributed by atoms with E-state index in [1.807, 2.05) is 4.90 Å². The number of hydrogen-bond donors (Lipinski definition) is 1. The molecule has 0 aliphatic carbocycles. The number of aliphatic hydroxyl groups excluding tert-OH is 1. The van der Waals surface area contributed by atoms with Crippen molar-refractivity contribution in [1.82, 2.24) is 4.90 Å². The summed E-state index contributed by atoms with van der Waals surface area (Å²) in [5.74, 6) is -0.0328. The van der Waals surface area contributed by atoms with Gasteiger partial charge in [-0.15, -0.1) is 0 Å². The van der Waals surface area contributed by atoms with Crippen LogP contribution in [-0.2, 0) is 4.79 Å². The number of non-ortho nitro benzene ring substituents is 1. The first-order chi connectivity index (χ1) is 10.6. The molecule has 2 saturated heterocycles. The van der Waals surface area contributed by atoms with Gasteiger partial charge < -0.3 is 10.0 Å². The van der Waals surface area contributed by atoms with E-state index in [9.17, 15) is 20.0 Å². The highest BCUT2D eigenvalue weighted by molar-refractivity contribution is 5.99. The van der Waals surface area contributed by atoms with Crippen molar-refractivity contribution in [3.63, 3.8) is 0 Å². The lowest BCUT2D eigenvalue weighted by Crippen LogP contribution is -2.48. The van der Waals surface area contributed by atoms with Gasteiger partial charge in [0.1, 0.15) is 0 Å². The van der Waals surface area contributed by atoms with E-state index in [0.717, 1.165) is 19.4 Å². The molecule has 1 N–H and O–H groups in total. The summed E-state index contributed by atoms with van der Waals surface area (Å²) in [4.78, 5) is 26.7. The third kappa shape index (κ3) is 2.82. The second kappa shape index (κ2) is 6.02. The second-order valence-electron chi connectivity index (χ2n) is 5.86. The minimum atomic E-state index is -0.456. The number of nitro groups is 1. The number of rotatable bonds is 3. The monoisotopic (exact) mass is 305 g/mol. The molecule has 2 atom stereocenters. The molecule has 2 aliphatic heterocycles. The molecule has 7 heteroatoms. The zero-order valence-electron chi connectivity index (χ0n) is 12.2. The van der Waals surface area contributed by atoms with Gasteiger partial charge in [0.25, 0.3) is 5.69 Å². The van der Waals surface area contributed by atoms with Crippen molar-refractivity contribution >= 4 is 17.3 Å². The van der Waals surface area contributed by atoms with Crippen LogP contribution in [0.3, 0.4) is 0 Å². The highest BCUT2D eigenvalue weighted by atomic mass is 16.6. The number of carbonyl (C=O) groups is 1. The maximum absolute atomic E-state index is 12.6. The third-order valence-electron chi connectivity index (χ3n) is 4.40. The van der Waals surface area contributed by atoms with Gasteiger partial charge >= 0.3 is 0 Å². The number of aliphatic hydroxyl groups is 1. The first-order valence-corrected chi connectivity index (χ1v) is 7.54. The first-order valence-electron chi connectivity index (χ1n) is 7.54. The van der Waals surface area contributed by atoms with Crippen molar-refractivity contribution in [3.05, 3.63) is 34.4 Å². The van der Waals surface area contributed by atoms with E-state index in [0.29, 0.717) is 25.2 Å². The van der Waals surface area contributed by atoms with Gasteiger partial charge in [-0.25, -0.2) is 0 Å². The molecule has 22 heavy (non-hydrogen) atoms. The smallest absolute Gasteiger partial charge is 0.271 e. The Morgan fingerprint density at radius 2 is 2.09 bits per heavy atom. The fourth-order valence-corrected chi connectivity index (χ4v) is 3.30. The molecule has 1 aromatic rings. The number of hydrogen-bond acceptors (Lipinski definition) is 5. The predicted octanol–water partition coefficient (Wildman–Crippen LogP) is 1.16. The summed E-state index contributed by atoms with van der Waals surface area (Å²) in [5, 5.41) is 20.6. The van der Waals surface area contributed by atoms with E-state index in [2.05, 4.69) is 0 Å². The Bertz CT molecular complexity index is 592. The SMILES string of the molecule is O=C1C(N2CCCC(O)C2)CCN1c1cccc([N+](=O)[O-])c1. The Morgan fingerprint density at radius 3 is 2.82 bits per heavy atom. The molecule has 0 spiro atoms. The Kier molecular flexibility index (Phi) is 4.08. The molecule has 2 heterocycles. The molecule has 2 fully saturated rings. The first kappa shape index (κ1) is 14.9. The van der Waals surface area contributed by atoms with Crippen LogP contribution in [-0.4, -0.2) is 52.6 Å². The molecular formula is C15H19N3O4. The fraction of sp³-hybridized carbons (Fsp3) is 0.533. The topological polar surface area (TPSA) is 86.9 Å². The summed E-state index contributed by atoms with van der Waals surface area (Å²) in [7, 11) is 0. The van der Waals surface area contributed by atoms with Gasteiger partial charge in [0.05, 0.1) is 22.8 Å². The fourth-order valence-electron chi connectivity index (χ4n) is 3.30. The molecule has 118 valence electrons. The molecule has 1 aromatic carbocycles. The van der Waals surface area contributed by atoms with Crippen LogP contribution in [0.4, 0.5) is 11.4 Å². The minimum absolute atomic E-state index is 0.0119. The normalized spacial score (nSPS) is 26.4. The molecule has 1 amide bonds. The molecule has 7 nitrogen and oxygen atoms in total. The third-order valence-corrected chi connectivity index (χ3v) is 4.40. The molecule has 0 saturated carbocycles. The van der Waals surface area contributed by atoms with Crippen molar-refractivity contribution in [2.24, 2.45) is 0 Å². The summed E-state index contributed by atoms with van der Waals surface area (Å²) in [6.07, 6.45) is 2.00. The number of β-amino-alcohol motifs (C(OH)–C–C–N with tert-alkyl or cyclic N) is 1. The molecular weight excluding hydrogens is 286 g/mol. The van der Waals surface area contributed by atoms with Crippen LogP contribution >= 0.6 is 0 Å². The number of benzene rings is 1. The van der Waals surface area contributed by atoms with Gasteiger partial charge in [-0.1, -0.05) is 6.07 Å². The van der Waals surface area contributed by atoms with Crippen LogP contribution in [0.25, 0.3) is 0 Å². The van der Waals surface area contributed by atoms with Crippen LogP contribution in [0.1, 0.15) is 19.3 Å². The highest BCUT2D eigenvalue weighted by Gasteiger charge is 2.38. The lowest BCUT2D eigenvalue weighted by Gasteiger charge is -2.33. The zero-order chi connectivity index (χ0) is 15.7. The van der Waals surface area contributed by atoms with Gasteiger partial charge in [-0.05, 0) is 31.9 Å². The number of nitro benzene ring substituents is 1. The Labute approximate surface area is 128 Å². The van der Waals surface area contributed by atoms with Crippen molar-refractivity contribution < 1.29 is 14.8 Å². The summed E-state index contributed by atoms with van der Waals surface area (Å²) in [5.41, 5.74) is 0.557. The van der Waals surface area contributed by atoms with Crippen molar-refractivity contribution in [3.8, 4) is 0 Å². The van der Waals surface area contributed by atoms with Crippen molar-refractivity contribution in [1.29, 1.82) is 0 Å². The van der Waals surface area contributed by atoms with Crippen LogP contribution in [0.15, 0.2) is 24.3 Å². The van der Waals surface area contributed by atoms with Gasteiger partial charge in [-0.3, -0.25) is 19.8 Å². The second-order valence-corrected chi connectivity index (χ2v) is 5.86. The average molecular weight is 305 g/mol. The van der Waals surface area contributed by atoms with E-state index in [-0.39, 0.29) is 23.7 Å². The molecule has 0 radical (unpaired) electrons. The maximum atomic E-state index is 12.6. The van der Waals surface area contributed by atoms with Crippen molar-refractivity contribution in [2.75, 3.05) is 24.5 Å². The van der Waals surface area contributed by atoms with Crippen LogP contribution in [0.2, 0.25) is 0 Å². The Hall–Kier alpha value is -1.99. The van der Waals surface area contributed by atoms with Gasteiger partial charge in [0.15, 0.2) is 0 Å². The Balaban J connectivity index is 1.76. The Morgan fingerprint density at radius 1 is 1.27 bits per heavy atom. The van der Waals surface area contributed by atoms with E-state index >= 15 is 0 Å². The highest BCUT2D eigenvalue weighted by Crippen LogP contribution is 2.28.